The summed E-state index contributed by atoms with van der Waals surface area (Å²) in [5, 5.41) is 2.90. The van der Waals surface area contributed by atoms with Gasteiger partial charge in [0.05, 0.1) is 22.2 Å². The number of nitrogens with zero attached hydrogens (tertiary/aromatic N) is 1. The third-order valence-electron chi connectivity index (χ3n) is 2.38. The first kappa shape index (κ1) is 16.2. The van der Waals surface area contributed by atoms with Crippen LogP contribution in [0, 0.1) is 6.92 Å². The number of aryl methyl sites for hydroxylation is 1. The summed E-state index contributed by atoms with van der Waals surface area (Å²) in [6, 6.07) is 1.48. The number of ether oxygens (including phenoxy) is 1. The van der Waals surface area contributed by atoms with Crippen LogP contribution in [0.2, 0.25) is 8.67 Å². The molecule has 2 rings (SSSR count). The molecule has 0 spiro atoms. The summed E-state index contributed by atoms with van der Waals surface area (Å²) in [7, 11) is 0. The zero-order valence-corrected chi connectivity index (χ0v) is 14.2. The fourth-order valence-electron chi connectivity index (χ4n) is 1.50. The molecule has 1 N–H and O–H groups in total. The smallest absolute Gasteiger partial charge is 0.350 e. The second-order valence-electron chi connectivity index (χ2n) is 3.85. The van der Waals surface area contributed by atoms with Crippen LogP contribution in [-0.2, 0) is 4.74 Å². The van der Waals surface area contributed by atoms with Gasteiger partial charge < -0.3 is 4.74 Å². The number of hydrogen-bond acceptors (Lipinski definition) is 6. The number of anilines is 1. The maximum Gasteiger partial charge on any atom is 0.350 e. The highest BCUT2D eigenvalue weighted by Gasteiger charge is 2.19. The van der Waals surface area contributed by atoms with Crippen molar-refractivity contribution in [2.75, 3.05) is 11.9 Å². The number of halogens is 2. The first-order valence-corrected chi connectivity index (χ1v) is 8.22. The van der Waals surface area contributed by atoms with Crippen LogP contribution in [0.3, 0.4) is 0 Å². The van der Waals surface area contributed by atoms with Gasteiger partial charge in [0.15, 0.2) is 5.13 Å². The number of thiophene rings is 1. The Morgan fingerprint density at radius 1 is 1.38 bits per heavy atom. The molecule has 2 heterocycles. The Morgan fingerprint density at radius 2 is 2.10 bits per heavy atom. The molecule has 9 heteroatoms. The summed E-state index contributed by atoms with van der Waals surface area (Å²) in [4.78, 5) is 28.2. The standard InChI is InChI=1S/C12H10Cl2N2O3S2/c1-3-19-11(18)8-5(2)15-12(21-8)16-10(17)6-4-7(13)20-9(6)14/h4H,3H2,1-2H3,(H,15,16,17). The topological polar surface area (TPSA) is 68.3 Å². The minimum Gasteiger partial charge on any atom is -0.462 e. The van der Waals surface area contributed by atoms with Gasteiger partial charge in [-0.25, -0.2) is 9.78 Å². The Morgan fingerprint density at radius 3 is 2.67 bits per heavy atom. The lowest BCUT2D eigenvalue weighted by molar-refractivity contribution is 0.0531. The van der Waals surface area contributed by atoms with E-state index in [0.717, 1.165) is 22.7 Å². The second kappa shape index (κ2) is 6.74. The number of esters is 1. The Balaban J connectivity index is 2.17. The fraction of sp³-hybridized carbons (Fsp3) is 0.250. The molecule has 2 aromatic heterocycles. The van der Waals surface area contributed by atoms with Crippen molar-refractivity contribution in [3.63, 3.8) is 0 Å². The Bertz CT molecular complexity index is 697. The van der Waals surface area contributed by atoms with Gasteiger partial charge in [-0.3, -0.25) is 10.1 Å². The van der Waals surface area contributed by atoms with E-state index in [0.29, 0.717) is 24.4 Å². The zero-order chi connectivity index (χ0) is 15.6. The zero-order valence-electron chi connectivity index (χ0n) is 11.0. The summed E-state index contributed by atoms with van der Waals surface area (Å²) in [5.41, 5.74) is 0.778. The molecule has 112 valence electrons. The summed E-state index contributed by atoms with van der Waals surface area (Å²) in [6.45, 7) is 3.67. The van der Waals surface area contributed by atoms with Gasteiger partial charge >= 0.3 is 5.97 Å². The molecule has 0 saturated carbocycles. The first-order chi connectivity index (χ1) is 9.92. The van der Waals surface area contributed by atoms with E-state index in [4.69, 9.17) is 27.9 Å². The van der Waals surface area contributed by atoms with Crippen molar-refractivity contribution >= 4 is 62.9 Å². The van der Waals surface area contributed by atoms with E-state index in [1.54, 1.807) is 13.8 Å². The number of carbonyl (C=O) groups excluding carboxylic acids is 2. The van der Waals surface area contributed by atoms with Gasteiger partial charge in [-0.05, 0) is 19.9 Å². The van der Waals surface area contributed by atoms with E-state index < -0.39 is 11.9 Å². The molecule has 0 radical (unpaired) electrons. The molecule has 0 aliphatic carbocycles. The minimum atomic E-state index is -0.454. The van der Waals surface area contributed by atoms with E-state index in [1.807, 2.05) is 0 Å². The second-order valence-corrected chi connectivity index (χ2v) is 7.13. The quantitative estimate of drug-likeness (QED) is 0.823. The number of rotatable bonds is 4. The van der Waals surface area contributed by atoms with Gasteiger partial charge in [0.25, 0.3) is 5.91 Å². The molecule has 1 amide bonds. The lowest BCUT2D eigenvalue weighted by atomic mass is 10.3. The molecule has 0 unspecified atom stereocenters. The summed E-state index contributed by atoms with van der Waals surface area (Å²) in [5.74, 6) is -0.878. The number of nitrogens with one attached hydrogen (secondary N) is 1. The van der Waals surface area contributed by atoms with Crippen LogP contribution in [0.4, 0.5) is 5.13 Å². The SMILES string of the molecule is CCOC(=O)c1sc(NC(=O)c2cc(Cl)sc2Cl)nc1C. The number of thiazole rings is 1. The average Bonchev–Trinajstić information content (AvgIpc) is 2.92. The van der Waals surface area contributed by atoms with E-state index in [1.165, 1.54) is 6.07 Å². The Kier molecular flexibility index (Phi) is 5.21. The van der Waals surface area contributed by atoms with E-state index in [-0.39, 0.29) is 12.2 Å². The third-order valence-corrected chi connectivity index (χ3v) is 4.92. The maximum atomic E-state index is 12.1. The van der Waals surface area contributed by atoms with Crippen LogP contribution >= 0.6 is 45.9 Å². The van der Waals surface area contributed by atoms with Crippen molar-refractivity contribution < 1.29 is 14.3 Å². The number of amides is 1. The molecule has 21 heavy (non-hydrogen) atoms. The lowest BCUT2D eigenvalue weighted by Gasteiger charge is -1.99. The summed E-state index contributed by atoms with van der Waals surface area (Å²) >= 11 is 13.9. The highest BCUT2D eigenvalue weighted by Crippen LogP contribution is 2.32. The molecule has 0 bridgehead atoms. The molecule has 2 aromatic rings. The molecule has 0 aliphatic heterocycles. The molecule has 5 nitrogen and oxygen atoms in total. The van der Waals surface area contributed by atoms with Crippen molar-refractivity contribution in [2.24, 2.45) is 0 Å². The van der Waals surface area contributed by atoms with Crippen LogP contribution in [0.25, 0.3) is 0 Å². The van der Waals surface area contributed by atoms with Crippen molar-refractivity contribution in [2.45, 2.75) is 13.8 Å². The minimum absolute atomic E-state index is 0.275. The number of carbonyl (C=O) groups is 2. The van der Waals surface area contributed by atoms with Crippen LogP contribution in [-0.4, -0.2) is 23.5 Å². The van der Waals surface area contributed by atoms with Gasteiger partial charge in [-0.2, -0.15) is 0 Å². The normalized spacial score (nSPS) is 10.5. The average molecular weight is 365 g/mol. The number of aromatic nitrogens is 1. The molecular formula is C12H10Cl2N2O3S2. The molecular weight excluding hydrogens is 355 g/mol. The van der Waals surface area contributed by atoms with Gasteiger partial charge in [-0.1, -0.05) is 34.5 Å². The molecule has 0 aliphatic rings. The Labute approximate surface area is 138 Å². The van der Waals surface area contributed by atoms with Crippen LogP contribution < -0.4 is 5.32 Å². The van der Waals surface area contributed by atoms with Crippen LogP contribution in [0.15, 0.2) is 6.07 Å². The largest absolute Gasteiger partial charge is 0.462 e. The van der Waals surface area contributed by atoms with Crippen molar-refractivity contribution in [3.8, 4) is 0 Å². The highest BCUT2D eigenvalue weighted by atomic mass is 35.5. The lowest BCUT2D eigenvalue weighted by Crippen LogP contribution is -2.11. The molecule has 0 aromatic carbocycles. The predicted molar refractivity (Wildman–Crippen MR) is 85.1 cm³/mol. The van der Waals surface area contributed by atoms with Crippen LogP contribution in [0.5, 0.6) is 0 Å². The van der Waals surface area contributed by atoms with Crippen molar-refractivity contribution in [1.82, 2.24) is 4.98 Å². The maximum absolute atomic E-state index is 12.1. The van der Waals surface area contributed by atoms with E-state index in [9.17, 15) is 9.59 Å². The molecule has 0 fully saturated rings. The summed E-state index contributed by atoms with van der Waals surface area (Å²) < 4.78 is 5.64. The first-order valence-electron chi connectivity index (χ1n) is 5.83. The van der Waals surface area contributed by atoms with Gasteiger partial charge in [0.2, 0.25) is 0 Å². The van der Waals surface area contributed by atoms with E-state index >= 15 is 0 Å². The van der Waals surface area contributed by atoms with Gasteiger partial charge in [0.1, 0.15) is 9.21 Å². The third kappa shape index (κ3) is 3.74. The molecule has 0 atom stereocenters. The van der Waals surface area contributed by atoms with Crippen molar-refractivity contribution in [1.29, 1.82) is 0 Å². The molecule has 0 saturated heterocycles. The highest BCUT2D eigenvalue weighted by molar-refractivity contribution is 7.20. The van der Waals surface area contributed by atoms with Crippen molar-refractivity contribution in [3.05, 3.63) is 30.9 Å². The van der Waals surface area contributed by atoms with Gasteiger partial charge in [-0.15, -0.1) is 11.3 Å². The van der Waals surface area contributed by atoms with Gasteiger partial charge in [0, 0.05) is 0 Å². The Hall–Kier alpha value is -1.15. The van der Waals surface area contributed by atoms with E-state index in [2.05, 4.69) is 10.3 Å². The predicted octanol–water partition coefficient (Wildman–Crippen LogP) is 4.25. The monoisotopic (exact) mass is 364 g/mol. The van der Waals surface area contributed by atoms with Crippen LogP contribution in [0.1, 0.15) is 32.6 Å². The number of hydrogen-bond donors (Lipinski definition) is 1. The summed E-state index contributed by atoms with van der Waals surface area (Å²) in [6.07, 6.45) is 0. The fourth-order valence-corrected chi connectivity index (χ4v) is 3.81.